The molecule has 1 aromatic heterocycles. The van der Waals surface area contributed by atoms with E-state index in [1.165, 1.54) is 12.3 Å². The summed E-state index contributed by atoms with van der Waals surface area (Å²) in [6.07, 6.45) is 1.47. The molecule has 0 aliphatic carbocycles. The molecule has 1 amide bonds. The van der Waals surface area contributed by atoms with Gasteiger partial charge in [-0.25, -0.2) is 4.39 Å². The van der Waals surface area contributed by atoms with Gasteiger partial charge in [-0.05, 0) is 36.8 Å². The minimum Gasteiger partial charge on any atom is -0.496 e. The van der Waals surface area contributed by atoms with Crippen molar-refractivity contribution in [2.75, 3.05) is 12.4 Å². The fourth-order valence-corrected chi connectivity index (χ4v) is 2.40. The number of benzene rings is 2. The van der Waals surface area contributed by atoms with E-state index < -0.39 is 5.82 Å². The molecule has 0 saturated carbocycles. The highest BCUT2D eigenvalue weighted by Crippen LogP contribution is 2.25. The Labute approximate surface area is 132 Å². The molecule has 0 saturated heterocycles. The molecule has 0 spiro atoms. The van der Waals surface area contributed by atoms with Crippen molar-refractivity contribution in [3.05, 3.63) is 65.6 Å². The molecule has 3 rings (SSSR count). The van der Waals surface area contributed by atoms with Crippen LogP contribution in [0.15, 0.2) is 48.7 Å². The lowest BCUT2D eigenvalue weighted by Gasteiger charge is -2.10. The van der Waals surface area contributed by atoms with Crippen LogP contribution in [-0.4, -0.2) is 18.0 Å². The summed E-state index contributed by atoms with van der Waals surface area (Å²) < 4.78 is 19.0. The van der Waals surface area contributed by atoms with Crippen LogP contribution in [0.5, 0.6) is 5.75 Å². The van der Waals surface area contributed by atoms with Gasteiger partial charge in [-0.2, -0.15) is 0 Å². The zero-order valence-corrected chi connectivity index (χ0v) is 12.8. The van der Waals surface area contributed by atoms with Crippen molar-refractivity contribution in [3.8, 4) is 5.75 Å². The van der Waals surface area contributed by atoms with Crippen LogP contribution in [0, 0.1) is 12.7 Å². The average Bonchev–Trinajstić information content (AvgIpc) is 2.56. The second kappa shape index (κ2) is 6.04. The molecule has 0 aliphatic rings. The highest BCUT2D eigenvalue weighted by molar-refractivity contribution is 6.08. The van der Waals surface area contributed by atoms with E-state index in [4.69, 9.17) is 4.74 Å². The maximum atomic E-state index is 13.8. The maximum absolute atomic E-state index is 13.8. The topological polar surface area (TPSA) is 51.2 Å². The highest BCUT2D eigenvalue weighted by Gasteiger charge is 2.12. The second-order valence-corrected chi connectivity index (χ2v) is 5.13. The van der Waals surface area contributed by atoms with Crippen LogP contribution in [0.1, 0.15) is 15.9 Å². The second-order valence-electron chi connectivity index (χ2n) is 5.13. The Morgan fingerprint density at radius 3 is 2.83 bits per heavy atom. The number of hydrogen-bond acceptors (Lipinski definition) is 3. The van der Waals surface area contributed by atoms with E-state index in [9.17, 15) is 9.18 Å². The van der Waals surface area contributed by atoms with Crippen molar-refractivity contribution in [2.24, 2.45) is 0 Å². The number of halogens is 1. The van der Waals surface area contributed by atoms with E-state index in [0.29, 0.717) is 22.4 Å². The van der Waals surface area contributed by atoms with Gasteiger partial charge in [0.15, 0.2) is 0 Å². The van der Waals surface area contributed by atoms with E-state index >= 15 is 0 Å². The van der Waals surface area contributed by atoms with Gasteiger partial charge in [0.1, 0.15) is 17.1 Å². The zero-order valence-electron chi connectivity index (χ0n) is 12.8. The first-order valence-corrected chi connectivity index (χ1v) is 7.09. The molecular formula is C18H15FN2O2. The number of carbonyl (C=O) groups excluding carboxylic acids is 1. The Hall–Kier alpha value is -2.95. The Morgan fingerprint density at radius 2 is 2.04 bits per heavy atom. The lowest BCUT2D eigenvalue weighted by molar-refractivity contribution is 0.102. The summed E-state index contributed by atoms with van der Waals surface area (Å²) in [6.45, 7) is 1.90. The Bertz CT molecular complexity index is 893. The maximum Gasteiger partial charge on any atom is 0.255 e. The van der Waals surface area contributed by atoms with Crippen LogP contribution in [-0.2, 0) is 0 Å². The van der Waals surface area contributed by atoms with Crippen LogP contribution in [0.2, 0.25) is 0 Å². The summed E-state index contributed by atoms with van der Waals surface area (Å²) in [5, 5.41) is 3.35. The van der Waals surface area contributed by atoms with Gasteiger partial charge in [0, 0.05) is 17.1 Å². The minimum atomic E-state index is -0.421. The van der Waals surface area contributed by atoms with E-state index in [0.717, 1.165) is 5.56 Å². The fourth-order valence-electron chi connectivity index (χ4n) is 2.40. The standard InChI is InChI=1S/C18H15FN2O2/c1-11-6-7-12(10-16(11)23-2)18(22)21-15-8-9-20-17-13(15)4-3-5-14(17)19/h3-10H,1-2H3,(H,20,21,22). The van der Waals surface area contributed by atoms with Gasteiger partial charge in [0.25, 0.3) is 5.91 Å². The van der Waals surface area contributed by atoms with Gasteiger partial charge in [-0.3, -0.25) is 9.78 Å². The lowest BCUT2D eigenvalue weighted by atomic mass is 10.1. The monoisotopic (exact) mass is 310 g/mol. The van der Waals surface area contributed by atoms with Gasteiger partial charge >= 0.3 is 0 Å². The van der Waals surface area contributed by atoms with Crippen LogP contribution in [0.25, 0.3) is 10.9 Å². The first-order valence-electron chi connectivity index (χ1n) is 7.09. The van der Waals surface area contributed by atoms with Gasteiger partial charge in [-0.15, -0.1) is 0 Å². The van der Waals surface area contributed by atoms with E-state index in [2.05, 4.69) is 10.3 Å². The van der Waals surface area contributed by atoms with Crippen molar-refractivity contribution in [1.29, 1.82) is 0 Å². The van der Waals surface area contributed by atoms with Crippen molar-refractivity contribution >= 4 is 22.5 Å². The fraction of sp³-hybridized carbons (Fsp3) is 0.111. The van der Waals surface area contributed by atoms with E-state index in [1.54, 1.807) is 37.4 Å². The van der Waals surface area contributed by atoms with Gasteiger partial charge in [0.05, 0.1) is 12.8 Å². The number of carbonyl (C=O) groups is 1. The van der Waals surface area contributed by atoms with Crippen LogP contribution in [0.4, 0.5) is 10.1 Å². The molecule has 5 heteroatoms. The number of methoxy groups -OCH3 is 1. The lowest BCUT2D eigenvalue weighted by Crippen LogP contribution is -2.12. The Balaban J connectivity index is 1.96. The van der Waals surface area contributed by atoms with Gasteiger partial charge in [-0.1, -0.05) is 18.2 Å². The van der Waals surface area contributed by atoms with E-state index in [1.807, 2.05) is 13.0 Å². The molecule has 23 heavy (non-hydrogen) atoms. The molecule has 0 bridgehead atoms. The number of aryl methyl sites for hydroxylation is 1. The predicted octanol–water partition coefficient (Wildman–Crippen LogP) is 3.94. The summed E-state index contributed by atoms with van der Waals surface area (Å²) in [6, 6.07) is 11.5. The summed E-state index contributed by atoms with van der Waals surface area (Å²) in [5.41, 5.74) is 2.15. The van der Waals surface area contributed by atoms with Crippen LogP contribution < -0.4 is 10.1 Å². The number of nitrogens with one attached hydrogen (secondary N) is 1. The van der Waals surface area contributed by atoms with Crippen LogP contribution in [0.3, 0.4) is 0 Å². The molecule has 3 aromatic rings. The number of ether oxygens (including phenoxy) is 1. The summed E-state index contributed by atoms with van der Waals surface area (Å²) >= 11 is 0. The quantitative estimate of drug-likeness (QED) is 0.797. The van der Waals surface area contributed by atoms with Gasteiger partial charge in [0.2, 0.25) is 0 Å². The molecule has 116 valence electrons. The zero-order chi connectivity index (χ0) is 16.4. The smallest absolute Gasteiger partial charge is 0.255 e. The normalized spacial score (nSPS) is 10.6. The first-order chi connectivity index (χ1) is 11.1. The third-order valence-electron chi connectivity index (χ3n) is 3.64. The molecule has 0 fully saturated rings. The summed E-state index contributed by atoms with van der Waals surface area (Å²) in [4.78, 5) is 16.5. The number of para-hydroxylation sites is 1. The number of fused-ring (bicyclic) bond motifs is 1. The minimum absolute atomic E-state index is 0.229. The molecule has 0 aliphatic heterocycles. The number of anilines is 1. The largest absolute Gasteiger partial charge is 0.496 e. The molecule has 0 unspecified atom stereocenters. The number of aromatic nitrogens is 1. The number of amides is 1. The molecule has 0 atom stereocenters. The van der Waals surface area contributed by atoms with E-state index in [-0.39, 0.29) is 11.4 Å². The molecule has 2 aromatic carbocycles. The van der Waals surface area contributed by atoms with Crippen LogP contribution >= 0.6 is 0 Å². The van der Waals surface area contributed by atoms with Crippen molar-refractivity contribution in [3.63, 3.8) is 0 Å². The summed E-state index contributed by atoms with van der Waals surface area (Å²) in [5.74, 6) is -0.0704. The average molecular weight is 310 g/mol. The molecule has 1 N–H and O–H groups in total. The third-order valence-corrected chi connectivity index (χ3v) is 3.64. The molecule has 1 heterocycles. The van der Waals surface area contributed by atoms with Crippen molar-refractivity contribution in [1.82, 2.24) is 4.98 Å². The highest BCUT2D eigenvalue weighted by atomic mass is 19.1. The number of rotatable bonds is 3. The Morgan fingerprint density at radius 1 is 1.22 bits per heavy atom. The molecule has 4 nitrogen and oxygen atoms in total. The molecular weight excluding hydrogens is 295 g/mol. The number of nitrogens with zero attached hydrogens (tertiary/aromatic N) is 1. The van der Waals surface area contributed by atoms with Crippen molar-refractivity contribution in [2.45, 2.75) is 6.92 Å². The SMILES string of the molecule is COc1cc(C(=O)Nc2ccnc3c(F)cccc23)ccc1C. The molecule has 0 radical (unpaired) electrons. The number of hydrogen-bond donors (Lipinski definition) is 1. The van der Waals surface area contributed by atoms with Crippen molar-refractivity contribution < 1.29 is 13.9 Å². The summed E-state index contributed by atoms with van der Waals surface area (Å²) in [7, 11) is 1.56. The third kappa shape index (κ3) is 2.85. The first kappa shape index (κ1) is 15.0. The Kier molecular flexibility index (Phi) is 3.93. The van der Waals surface area contributed by atoms with Gasteiger partial charge < -0.3 is 10.1 Å². The number of pyridine rings is 1. The predicted molar refractivity (Wildman–Crippen MR) is 87.4 cm³/mol.